The Hall–Kier alpha value is -1.81. The summed E-state index contributed by atoms with van der Waals surface area (Å²) in [6, 6.07) is 4.03. The summed E-state index contributed by atoms with van der Waals surface area (Å²) < 4.78 is 0. The van der Waals surface area contributed by atoms with Crippen molar-refractivity contribution < 1.29 is 0 Å². The van der Waals surface area contributed by atoms with Crippen LogP contribution in [-0.4, -0.2) is 15.0 Å². The average molecular weight is 254 g/mol. The Morgan fingerprint density at radius 1 is 1.26 bits per heavy atom. The molecule has 0 saturated carbocycles. The molecule has 2 aromatic heterocycles. The Morgan fingerprint density at radius 2 is 2.16 bits per heavy atom. The fourth-order valence-electron chi connectivity index (χ4n) is 2.45. The van der Waals surface area contributed by atoms with E-state index >= 15 is 0 Å². The van der Waals surface area contributed by atoms with Crippen molar-refractivity contribution in [3.8, 4) is 11.5 Å². The van der Waals surface area contributed by atoms with Crippen molar-refractivity contribution in [1.29, 1.82) is 0 Å². The fourth-order valence-corrected chi connectivity index (χ4v) is 2.45. The number of pyridine rings is 1. The van der Waals surface area contributed by atoms with Gasteiger partial charge in [0.25, 0.3) is 0 Å². The topological polar surface area (TPSA) is 50.7 Å². The van der Waals surface area contributed by atoms with Crippen molar-refractivity contribution in [2.45, 2.75) is 39.8 Å². The molecular formula is C15H18N4. The third-order valence-electron chi connectivity index (χ3n) is 3.40. The van der Waals surface area contributed by atoms with Gasteiger partial charge < -0.3 is 5.32 Å². The highest BCUT2D eigenvalue weighted by atomic mass is 15.0. The van der Waals surface area contributed by atoms with Gasteiger partial charge in [0.15, 0.2) is 5.82 Å². The van der Waals surface area contributed by atoms with Gasteiger partial charge in [-0.15, -0.1) is 0 Å². The maximum atomic E-state index is 4.73. The van der Waals surface area contributed by atoms with E-state index < -0.39 is 0 Å². The third-order valence-corrected chi connectivity index (χ3v) is 3.40. The van der Waals surface area contributed by atoms with Gasteiger partial charge in [-0.2, -0.15) is 0 Å². The Labute approximate surface area is 113 Å². The molecular weight excluding hydrogens is 236 g/mol. The molecule has 0 fully saturated rings. The van der Waals surface area contributed by atoms with E-state index in [-0.39, 0.29) is 0 Å². The van der Waals surface area contributed by atoms with E-state index in [9.17, 15) is 0 Å². The molecule has 2 aromatic rings. The van der Waals surface area contributed by atoms with Crippen LogP contribution in [0.15, 0.2) is 18.3 Å². The largest absolute Gasteiger partial charge is 0.307 e. The molecule has 0 spiro atoms. The number of rotatable bonds is 3. The number of aryl methyl sites for hydroxylation is 2. The molecule has 1 aliphatic heterocycles. The quantitative estimate of drug-likeness (QED) is 0.913. The first-order chi connectivity index (χ1) is 9.28. The summed E-state index contributed by atoms with van der Waals surface area (Å²) in [5, 5.41) is 3.35. The Balaban J connectivity index is 2.10. The van der Waals surface area contributed by atoms with Gasteiger partial charge in [-0.25, -0.2) is 9.97 Å². The average Bonchev–Trinajstić information content (AvgIpc) is 2.87. The number of fused-ring (bicyclic) bond motifs is 1. The zero-order valence-corrected chi connectivity index (χ0v) is 11.4. The van der Waals surface area contributed by atoms with Gasteiger partial charge in [-0.3, -0.25) is 4.98 Å². The Kier molecular flexibility index (Phi) is 3.25. The first-order valence-corrected chi connectivity index (χ1v) is 6.80. The normalized spacial score (nSPS) is 13.6. The Bertz CT molecular complexity index is 607. The van der Waals surface area contributed by atoms with Crippen LogP contribution < -0.4 is 5.32 Å². The highest BCUT2D eigenvalue weighted by Gasteiger charge is 2.19. The molecule has 4 heteroatoms. The minimum Gasteiger partial charge on any atom is -0.307 e. The first-order valence-electron chi connectivity index (χ1n) is 6.80. The Morgan fingerprint density at radius 3 is 2.95 bits per heavy atom. The molecule has 0 aromatic carbocycles. The van der Waals surface area contributed by atoms with Crippen molar-refractivity contribution >= 4 is 0 Å². The molecule has 0 saturated heterocycles. The maximum Gasteiger partial charge on any atom is 0.178 e. The summed E-state index contributed by atoms with van der Waals surface area (Å²) >= 11 is 0. The molecule has 0 radical (unpaired) electrons. The van der Waals surface area contributed by atoms with Crippen LogP contribution in [0.1, 0.15) is 35.9 Å². The van der Waals surface area contributed by atoms with E-state index in [4.69, 9.17) is 4.98 Å². The molecule has 0 unspecified atom stereocenters. The summed E-state index contributed by atoms with van der Waals surface area (Å²) in [5.41, 5.74) is 5.65. The second-order valence-electron chi connectivity index (χ2n) is 4.99. The molecule has 1 aliphatic rings. The highest BCUT2D eigenvalue weighted by molar-refractivity contribution is 5.52. The summed E-state index contributed by atoms with van der Waals surface area (Å²) in [7, 11) is 0. The molecule has 19 heavy (non-hydrogen) atoms. The van der Waals surface area contributed by atoms with Gasteiger partial charge in [0.2, 0.25) is 0 Å². The number of nitrogens with zero attached hydrogens (tertiary/aromatic N) is 3. The fraction of sp³-hybridized carbons (Fsp3) is 0.400. The van der Waals surface area contributed by atoms with E-state index in [1.54, 1.807) is 0 Å². The van der Waals surface area contributed by atoms with Gasteiger partial charge in [0.1, 0.15) is 5.69 Å². The predicted molar refractivity (Wildman–Crippen MR) is 74.5 cm³/mol. The SMILES string of the molecule is CCCc1nc(-c2cc(C)ccn2)nc2c1CNC2. The lowest BCUT2D eigenvalue weighted by Crippen LogP contribution is -2.04. The molecule has 98 valence electrons. The van der Waals surface area contributed by atoms with E-state index in [1.165, 1.54) is 16.8 Å². The van der Waals surface area contributed by atoms with E-state index in [0.29, 0.717) is 0 Å². The van der Waals surface area contributed by atoms with Gasteiger partial charge in [0.05, 0.1) is 5.69 Å². The van der Waals surface area contributed by atoms with Crippen LogP contribution in [-0.2, 0) is 19.5 Å². The van der Waals surface area contributed by atoms with E-state index in [0.717, 1.165) is 43.1 Å². The van der Waals surface area contributed by atoms with Crippen LogP contribution in [0.4, 0.5) is 0 Å². The van der Waals surface area contributed by atoms with Crippen LogP contribution in [0.3, 0.4) is 0 Å². The standard InChI is InChI=1S/C15H18N4/c1-3-4-12-11-8-16-9-14(11)19-15(18-12)13-7-10(2)5-6-17-13/h5-7,16H,3-4,8-9H2,1-2H3. The molecule has 1 N–H and O–H groups in total. The molecule has 0 atom stereocenters. The van der Waals surface area contributed by atoms with Crippen molar-refractivity contribution in [1.82, 2.24) is 20.3 Å². The van der Waals surface area contributed by atoms with Gasteiger partial charge >= 0.3 is 0 Å². The molecule has 3 rings (SSSR count). The number of hydrogen-bond donors (Lipinski definition) is 1. The van der Waals surface area contributed by atoms with Crippen molar-refractivity contribution in [3.63, 3.8) is 0 Å². The highest BCUT2D eigenvalue weighted by Crippen LogP contribution is 2.22. The molecule has 0 bridgehead atoms. The van der Waals surface area contributed by atoms with Gasteiger partial charge in [0, 0.05) is 30.5 Å². The minimum absolute atomic E-state index is 0.759. The lowest BCUT2D eigenvalue weighted by molar-refractivity contribution is 0.753. The summed E-state index contributed by atoms with van der Waals surface area (Å²) in [6.45, 7) is 5.98. The lowest BCUT2D eigenvalue weighted by atomic mass is 10.1. The van der Waals surface area contributed by atoms with Crippen LogP contribution in [0, 0.1) is 6.92 Å². The van der Waals surface area contributed by atoms with Crippen molar-refractivity contribution in [3.05, 3.63) is 40.8 Å². The smallest absolute Gasteiger partial charge is 0.178 e. The number of aromatic nitrogens is 3. The lowest BCUT2D eigenvalue weighted by Gasteiger charge is -2.08. The van der Waals surface area contributed by atoms with Crippen LogP contribution >= 0.6 is 0 Å². The summed E-state index contributed by atoms with van der Waals surface area (Å²) in [4.78, 5) is 13.8. The second kappa shape index (κ2) is 5.05. The second-order valence-corrected chi connectivity index (χ2v) is 4.99. The monoisotopic (exact) mass is 254 g/mol. The van der Waals surface area contributed by atoms with Gasteiger partial charge in [-0.05, 0) is 31.0 Å². The third kappa shape index (κ3) is 2.36. The number of hydrogen-bond acceptors (Lipinski definition) is 4. The van der Waals surface area contributed by atoms with E-state index in [1.807, 2.05) is 18.3 Å². The molecule has 0 aliphatic carbocycles. The van der Waals surface area contributed by atoms with Crippen LogP contribution in [0.25, 0.3) is 11.5 Å². The van der Waals surface area contributed by atoms with Crippen molar-refractivity contribution in [2.75, 3.05) is 0 Å². The maximum absolute atomic E-state index is 4.73. The first kappa shape index (κ1) is 12.2. The molecule has 0 amide bonds. The van der Waals surface area contributed by atoms with E-state index in [2.05, 4.69) is 29.1 Å². The zero-order chi connectivity index (χ0) is 13.2. The van der Waals surface area contributed by atoms with Gasteiger partial charge in [-0.1, -0.05) is 13.3 Å². The summed E-state index contributed by atoms with van der Waals surface area (Å²) in [5.74, 6) is 0.759. The number of nitrogens with one attached hydrogen (secondary N) is 1. The predicted octanol–water partition coefficient (Wildman–Crippen LogP) is 2.40. The minimum atomic E-state index is 0.759. The molecule has 4 nitrogen and oxygen atoms in total. The zero-order valence-electron chi connectivity index (χ0n) is 11.4. The van der Waals surface area contributed by atoms with Crippen LogP contribution in [0.2, 0.25) is 0 Å². The summed E-state index contributed by atoms with van der Waals surface area (Å²) in [6.07, 6.45) is 3.93. The molecule has 3 heterocycles. The van der Waals surface area contributed by atoms with Crippen molar-refractivity contribution in [2.24, 2.45) is 0 Å². The van der Waals surface area contributed by atoms with Crippen LogP contribution in [0.5, 0.6) is 0 Å².